The van der Waals surface area contributed by atoms with E-state index < -0.39 is 0 Å². The highest BCUT2D eigenvalue weighted by molar-refractivity contribution is 5.23. The third-order valence-electron chi connectivity index (χ3n) is 1.75. The van der Waals surface area contributed by atoms with Gasteiger partial charge < -0.3 is 11.1 Å². The van der Waals surface area contributed by atoms with Gasteiger partial charge in [-0.2, -0.15) is 0 Å². The van der Waals surface area contributed by atoms with Gasteiger partial charge >= 0.3 is 0 Å². The molecular formula is C10H15FN2. The second-order valence-electron chi connectivity index (χ2n) is 3.10. The molecule has 72 valence electrons. The van der Waals surface area contributed by atoms with Crippen LogP contribution in [0.5, 0.6) is 0 Å². The van der Waals surface area contributed by atoms with Crippen molar-refractivity contribution in [2.24, 2.45) is 5.73 Å². The molecule has 0 radical (unpaired) electrons. The van der Waals surface area contributed by atoms with Crippen LogP contribution < -0.4 is 11.1 Å². The second-order valence-corrected chi connectivity index (χ2v) is 3.10. The lowest BCUT2D eigenvalue weighted by molar-refractivity contribution is 0.619. The highest BCUT2D eigenvalue weighted by Gasteiger charge is 1.96. The molecule has 0 aliphatic heterocycles. The number of nitrogens with two attached hydrogens (primary N) is 1. The summed E-state index contributed by atoms with van der Waals surface area (Å²) in [7, 11) is 0. The van der Waals surface area contributed by atoms with Crippen molar-refractivity contribution in [3.8, 4) is 0 Å². The molecule has 13 heavy (non-hydrogen) atoms. The van der Waals surface area contributed by atoms with Gasteiger partial charge in [0.2, 0.25) is 0 Å². The van der Waals surface area contributed by atoms with Crippen LogP contribution in [0.2, 0.25) is 0 Å². The van der Waals surface area contributed by atoms with Crippen LogP contribution in [-0.2, 0) is 6.54 Å². The standard InChI is InChI=1S/C10H15FN2/c1-8-4-9(6-10(11)5-8)7-13-3-2-12/h4-6,13H,2-3,7,12H2,1H3. The molecule has 1 rings (SSSR count). The van der Waals surface area contributed by atoms with Crippen LogP contribution in [0.3, 0.4) is 0 Å². The number of rotatable bonds is 4. The Morgan fingerprint density at radius 2 is 2.15 bits per heavy atom. The van der Waals surface area contributed by atoms with Crippen molar-refractivity contribution in [2.75, 3.05) is 13.1 Å². The molecule has 0 atom stereocenters. The minimum Gasteiger partial charge on any atom is -0.329 e. The molecule has 0 aliphatic rings. The highest BCUT2D eigenvalue weighted by atomic mass is 19.1. The number of nitrogens with one attached hydrogen (secondary N) is 1. The van der Waals surface area contributed by atoms with E-state index in [1.807, 2.05) is 13.0 Å². The molecule has 0 spiro atoms. The summed E-state index contributed by atoms with van der Waals surface area (Å²) in [6.45, 7) is 3.93. The molecule has 0 heterocycles. The average molecular weight is 182 g/mol. The van der Waals surface area contributed by atoms with E-state index in [9.17, 15) is 4.39 Å². The number of benzene rings is 1. The third-order valence-corrected chi connectivity index (χ3v) is 1.75. The Labute approximate surface area is 77.9 Å². The summed E-state index contributed by atoms with van der Waals surface area (Å²) in [5, 5.41) is 3.11. The van der Waals surface area contributed by atoms with E-state index in [0.29, 0.717) is 13.1 Å². The maximum absolute atomic E-state index is 12.9. The normalized spacial score (nSPS) is 10.4. The number of halogens is 1. The fraction of sp³-hybridized carbons (Fsp3) is 0.400. The zero-order valence-electron chi connectivity index (χ0n) is 7.81. The van der Waals surface area contributed by atoms with Gasteiger partial charge in [0.15, 0.2) is 0 Å². The molecule has 0 amide bonds. The summed E-state index contributed by atoms with van der Waals surface area (Å²) >= 11 is 0. The highest BCUT2D eigenvalue weighted by Crippen LogP contribution is 2.07. The SMILES string of the molecule is Cc1cc(F)cc(CNCCN)c1. The largest absolute Gasteiger partial charge is 0.329 e. The van der Waals surface area contributed by atoms with E-state index in [4.69, 9.17) is 5.73 Å². The Hall–Kier alpha value is -0.930. The van der Waals surface area contributed by atoms with Gasteiger partial charge in [-0.1, -0.05) is 6.07 Å². The lowest BCUT2D eigenvalue weighted by atomic mass is 10.1. The third kappa shape index (κ3) is 3.53. The van der Waals surface area contributed by atoms with E-state index in [1.54, 1.807) is 0 Å². The predicted octanol–water partition coefficient (Wildman–Crippen LogP) is 1.18. The Bertz CT molecular complexity index is 253. The van der Waals surface area contributed by atoms with E-state index in [1.165, 1.54) is 12.1 Å². The fourth-order valence-corrected chi connectivity index (χ4v) is 1.25. The van der Waals surface area contributed by atoms with Gasteiger partial charge in [-0.3, -0.25) is 0 Å². The summed E-state index contributed by atoms with van der Waals surface area (Å²) in [4.78, 5) is 0. The maximum atomic E-state index is 12.9. The number of hydrogen-bond donors (Lipinski definition) is 2. The predicted molar refractivity (Wildman–Crippen MR) is 51.9 cm³/mol. The Morgan fingerprint density at radius 3 is 2.77 bits per heavy atom. The molecular weight excluding hydrogens is 167 g/mol. The summed E-state index contributed by atoms with van der Waals surface area (Å²) in [6, 6.07) is 5.02. The van der Waals surface area contributed by atoms with Gasteiger partial charge in [-0.25, -0.2) is 4.39 Å². The van der Waals surface area contributed by atoms with E-state index in [0.717, 1.165) is 17.7 Å². The fourth-order valence-electron chi connectivity index (χ4n) is 1.25. The maximum Gasteiger partial charge on any atom is 0.123 e. The topological polar surface area (TPSA) is 38.0 Å². The zero-order chi connectivity index (χ0) is 9.68. The Morgan fingerprint density at radius 1 is 1.38 bits per heavy atom. The van der Waals surface area contributed by atoms with Gasteiger partial charge in [-0.05, 0) is 30.2 Å². The molecule has 3 heteroatoms. The lowest BCUT2D eigenvalue weighted by Crippen LogP contribution is -2.21. The van der Waals surface area contributed by atoms with Crippen LogP contribution in [0.1, 0.15) is 11.1 Å². The van der Waals surface area contributed by atoms with Crippen LogP contribution in [-0.4, -0.2) is 13.1 Å². The molecule has 0 aromatic heterocycles. The molecule has 2 nitrogen and oxygen atoms in total. The van der Waals surface area contributed by atoms with E-state index >= 15 is 0 Å². The van der Waals surface area contributed by atoms with E-state index in [-0.39, 0.29) is 5.82 Å². The van der Waals surface area contributed by atoms with Crippen molar-refractivity contribution in [3.05, 3.63) is 35.1 Å². The quantitative estimate of drug-likeness (QED) is 0.686. The molecule has 0 unspecified atom stereocenters. The molecule has 1 aromatic rings. The van der Waals surface area contributed by atoms with Crippen molar-refractivity contribution in [3.63, 3.8) is 0 Å². The summed E-state index contributed by atoms with van der Waals surface area (Å²) < 4.78 is 12.9. The van der Waals surface area contributed by atoms with Gasteiger partial charge in [0.05, 0.1) is 0 Å². The van der Waals surface area contributed by atoms with Crippen LogP contribution in [0.25, 0.3) is 0 Å². The van der Waals surface area contributed by atoms with Crippen molar-refractivity contribution < 1.29 is 4.39 Å². The zero-order valence-corrected chi connectivity index (χ0v) is 7.81. The van der Waals surface area contributed by atoms with Crippen molar-refractivity contribution >= 4 is 0 Å². The molecule has 1 aromatic carbocycles. The van der Waals surface area contributed by atoms with Gasteiger partial charge in [0, 0.05) is 19.6 Å². The monoisotopic (exact) mass is 182 g/mol. The van der Waals surface area contributed by atoms with Crippen LogP contribution >= 0.6 is 0 Å². The summed E-state index contributed by atoms with van der Waals surface area (Å²) in [5.74, 6) is -0.176. The van der Waals surface area contributed by atoms with Crippen molar-refractivity contribution in [2.45, 2.75) is 13.5 Å². The first kappa shape index (κ1) is 10.2. The number of hydrogen-bond acceptors (Lipinski definition) is 2. The molecule has 3 N–H and O–H groups in total. The number of aryl methyl sites for hydroxylation is 1. The van der Waals surface area contributed by atoms with Crippen molar-refractivity contribution in [1.29, 1.82) is 0 Å². The lowest BCUT2D eigenvalue weighted by Gasteiger charge is -2.04. The molecule has 0 bridgehead atoms. The molecule has 0 saturated carbocycles. The van der Waals surface area contributed by atoms with Crippen molar-refractivity contribution in [1.82, 2.24) is 5.32 Å². The van der Waals surface area contributed by atoms with E-state index in [2.05, 4.69) is 5.32 Å². The Kier molecular flexibility index (Phi) is 3.86. The first-order valence-corrected chi connectivity index (χ1v) is 4.39. The van der Waals surface area contributed by atoms with Crippen LogP contribution in [0.15, 0.2) is 18.2 Å². The second kappa shape index (κ2) is 4.94. The minimum absolute atomic E-state index is 0.176. The van der Waals surface area contributed by atoms with Gasteiger partial charge in [0.1, 0.15) is 5.82 Å². The van der Waals surface area contributed by atoms with Crippen LogP contribution in [0.4, 0.5) is 4.39 Å². The van der Waals surface area contributed by atoms with Gasteiger partial charge in [0.25, 0.3) is 0 Å². The van der Waals surface area contributed by atoms with Crippen LogP contribution in [0, 0.1) is 12.7 Å². The molecule has 0 fully saturated rings. The molecule has 0 saturated heterocycles. The summed E-state index contributed by atoms with van der Waals surface area (Å²) in [6.07, 6.45) is 0. The Balaban J connectivity index is 2.56. The minimum atomic E-state index is -0.176. The summed E-state index contributed by atoms with van der Waals surface area (Å²) in [5.41, 5.74) is 7.23. The first-order chi connectivity index (χ1) is 6.22. The van der Waals surface area contributed by atoms with Gasteiger partial charge in [-0.15, -0.1) is 0 Å². The molecule has 0 aliphatic carbocycles. The average Bonchev–Trinajstić information content (AvgIpc) is 2.03. The first-order valence-electron chi connectivity index (χ1n) is 4.39. The smallest absolute Gasteiger partial charge is 0.123 e.